The lowest BCUT2D eigenvalue weighted by atomic mass is 9.99. The third kappa shape index (κ3) is 7.76. The number of amides is 1. The van der Waals surface area contributed by atoms with Crippen LogP contribution in [0.3, 0.4) is 0 Å². The van der Waals surface area contributed by atoms with Crippen molar-refractivity contribution in [1.82, 2.24) is 10.2 Å². The van der Waals surface area contributed by atoms with E-state index in [1.54, 1.807) is 17.0 Å². The molecule has 6 rings (SSSR count). The van der Waals surface area contributed by atoms with Crippen LogP contribution in [0, 0.1) is 5.92 Å². The molecule has 2 aliphatic heterocycles. The minimum absolute atomic E-state index is 0.0466. The van der Waals surface area contributed by atoms with E-state index >= 15 is 0 Å². The molecule has 0 saturated carbocycles. The summed E-state index contributed by atoms with van der Waals surface area (Å²) in [7, 11) is 0. The van der Waals surface area contributed by atoms with Crippen molar-refractivity contribution in [1.29, 1.82) is 0 Å². The lowest BCUT2D eigenvalue weighted by Gasteiger charge is -2.32. The Bertz CT molecular complexity index is 1600. The zero-order valence-electron chi connectivity index (χ0n) is 25.3. The average molecular weight is 633 g/mol. The van der Waals surface area contributed by atoms with Crippen LogP contribution >= 0.6 is 11.8 Å². The Hall–Kier alpha value is -3.69. The highest BCUT2D eigenvalue weighted by Crippen LogP contribution is 2.39. The Morgan fingerprint density at radius 2 is 1.64 bits per heavy atom. The molecule has 0 atom stereocenters. The number of hydrogen-bond donors (Lipinski definition) is 2. The van der Waals surface area contributed by atoms with Crippen molar-refractivity contribution in [2.24, 2.45) is 5.92 Å². The first-order valence-electron chi connectivity index (χ1n) is 15.7. The molecule has 0 unspecified atom stereocenters. The topological polar surface area (TPSA) is 47.6 Å². The number of anilines is 2. The van der Waals surface area contributed by atoms with Crippen LogP contribution in [0.4, 0.5) is 24.5 Å². The van der Waals surface area contributed by atoms with Crippen molar-refractivity contribution >= 4 is 39.8 Å². The number of nitrogens with one attached hydrogen (secondary N) is 2. The fourth-order valence-electron chi connectivity index (χ4n) is 6.27. The molecule has 2 saturated heterocycles. The first kappa shape index (κ1) is 31.3. The van der Waals surface area contributed by atoms with Gasteiger partial charge in [-0.05, 0) is 71.0 Å². The molecule has 45 heavy (non-hydrogen) atoms. The van der Waals surface area contributed by atoms with Crippen LogP contribution in [-0.4, -0.2) is 62.4 Å². The van der Waals surface area contributed by atoms with Crippen molar-refractivity contribution in [3.63, 3.8) is 0 Å². The van der Waals surface area contributed by atoms with Gasteiger partial charge < -0.3 is 20.4 Å². The maximum absolute atomic E-state index is 13.9. The van der Waals surface area contributed by atoms with Crippen LogP contribution in [-0.2, 0) is 11.0 Å². The van der Waals surface area contributed by atoms with Crippen LogP contribution in [0.1, 0.15) is 24.8 Å². The molecule has 0 aliphatic carbocycles. The number of carbonyl (C=O) groups excluding carboxylic acids is 1. The number of piperidine rings is 1. The highest BCUT2D eigenvalue weighted by Gasteiger charge is 2.35. The summed E-state index contributed by atoms with van der Waals surface area (Å²) in [6.45, 7) is 4.14. The summed E-state index contributed by atoms with van der Waals surface area (Å²) in [6, 6.07) is 28.0. The van der Waals surface area contributed by atoms with Gasteiger partial charge in [0, 0.05) is 74.3 Å². The number of benzene rings is 4. The molecule has 9 heteroatoms. The molecule has 0 bridgehead atoms. The Morgan fingerprint density at radius 3 is 2.40 bits per heavy atom. The standard InChI is InChI=1S/C36H39F3N4OS/c37-36(38,39)32-24-30(10-12-33(32)42-21-17-40-18-22-42)41-16-13-35(44)43-19-14-26(15-20-43)25-45-34-8-4-7-29-23-28(9-11-31(29)34)27-5-2-1-3-6-27/h1-12,23-24,26,40-41H,13-22,25H2. The van der Waals surface area contributed by atoms with Gasteiger partial charge in [0.1, 0.15) is 0 Å². The summed E-state index contributed by atoms with van der Waals surface area (Å²) in [5.41, 5.74) is 2.39. The van der Waals surface area contributed by atoms with E-state index < -0.39 is 11.7 Å². The van der Waals surface area contributed by atoms with Gasteiger partial charge in [-0.2, -0.15) is 13.2 Å². The van der Waals surface area contributed by atoms with E-state index in [1.807, 2.05) is 22.7 Å². The molecule has 4 aromatic rings. The molecular formula is C36H39F3N4OS. The summed E-state index contributed by atoms with van der Waals surface area (Å²) in [5.74, 6) is 1.59. The summed E-state index contributed by atoms with van der Waals surface area (Å²) >= 11 is 1.89. The first-order valence-corrected chi connectivity index (χ1v) is 16.7. The van der Waals surface area contributed by atoms with Crippen LogP contribution in [0.5, 0.6) is 0 Å². The van der Waals surface area contributed by atoms with Crippen LogP contribution in [0.15, 0.2) is 89.8 Å². The number of piperazine rings is 1. The predicted molar refractivity (Wildman–Crippen MR) is 179 cm³/mol. The normalized spacial score (nSPS) is 16.2. The second-order valence-corrected chi connectivity index (χ2v) is 12.9. The van der Waals surface area contributed by atoms with Gasteiger partial charge in [-0.25, -0.2) is 0 Å². The fraction of sp³-hybridized carbons (Fsp3) is 0.361. The van der Waals surface area contributed by atoms with Gasteiger partial charge >= 0.3 is 6.18 Å². The predicted octanol–water partition coefficient (Wildman–Crippen LogP) is 7.77. The zero-order chi connectivity index (χ0) is 31.2. The molecule has 2 N–H and O–H groups in total. The summed E-state index contributed by atoms with van der Waals surface area (Å²) < 4.78 is 41.6. The van der Waals surface area contributed by atoms with E-state index in [1.165, 1.54) is 32.9 Å². The number of carbonyl (C=O) groups is 1. The van der Waals surface area contributed by atoms with Crippen LogP contribution in [0.2, 0.25) is 0 Å². The largest absolute Gasteiger partial charge is 0.418 e. The smallest absolute Gasteiger partial charge is 0.385 e. The first-order chi connectivity index (χ1) is 21.8. The molecule has 2 fully saturated rings. The van der Waals surface area contributed by atoms with Gasteiger partial charge in [-0.1, -0.05) is 54.6 Å². The summed E-state index contributed by atoms with van der Waals surface area (Å²) in [5, 5.41) is 8.73. The SMILES string of the molecule is O=C(CCNc1ccc(N2CCNCC2)c(C(F)(F)F)c1)N1CCC(CSc2cccc3cc(-c4ccccc4)ccc23)CC1. The van der Waals surface area contributed by atoms with Gasteiger partial charge in [0.05, 0.1) is 5.56 Å². The average Bonchev–Trinajstić information content (AvgIpc) is 3.07. The Labute approximate surface area is 267 Å². The van der Waals surface area contributed by atoms with Gasteiger partial charge in [0.15, 0.2) is 0 Å². The van der Waals surface area contributed by atoms with Crippen molar-refractivity contribution in [2.45, 2.75) is 30.3 Å². The van der Waals surface area contributed by atoms with E-state index in [2.05, 4.69) is 71.3 Å². The number of nitrogens with zero attached hydrogens (tertiary/aromatic N) is 2. The molecule has 1 amide bonds. The van der Waals surface area contributed by atoms with E-state index in [0.717, 1.165) is 31.7 Å². The molecule has 2 heterocycles. The van der Waals surface area contributed by atoms with Crippen molar-refractivity contribution in [2.75, 3.05) is 61.8 Å². The maximum atomic E-state index is 13.9. The number of hydrogen-bond acceptors (Lipinski definition) is 5. The number of thioether (sulfide) groups is 1. The Balaban J connectivity index is 0.972. The number of rotatable bonds is 9. The second-order valence-electron chi connectivity index (χ2n) is 11.8. The lowest BCUT2D eigenvalue weighted by Crippen LogP contribution is -2.44. The van der Waals surface area contributed by atoms with Crippen LogP contribution < -0.4 is 15.5 Å². The Kier molecular flexibility index (Phi) is 9.85. The van der Waals surface area contributed by atoms with Gasteiger partial charge in [0.25, 0.3) is 0 Å². The third-order valence-corrected chi connectivity index (χ3v) is 10.1. The second kappa shape index (κ2) is 14.2. The molecule has 236 valence electrons. The van der Waals surface area contributed by atoms with Crippen molar-refractivity contribution in [3.05, 3.63) is 90.5 Å². The summed E-state index contributed by atoms with van der Waals surface area (Å²) in [6.07, 6.45) is -2.29. The molecule has 4 aromatic carbocycles. The molecule has 0 spiro atoms. The van der Waals surface area contributed by atoms with Crippen molar-refractivity contribution in [3.8, 4) is 11.1 Å². The number of halogens is 3. The van der Waals surface area contributed by atoms with Crippen LogP contribution in [0.25, 0.3) is 21.9 Å². The molecule has 0 radical (unpaired) electrons. The zero-order valence-corrected chi connectivity index (χ0v) is 26.1. The molecule has 0 aromatic heterocycles. The van der Waals surface area contributed by atoms with E-state index in [9.17, 15) is 18.0 Å². The minimum Gasteiger partial charge on any atom is -0.385 e. The molecule has 2 aliphatic rings. The number of alkyl halides is 3. The summed E-state index contributed by atoms with van der Waals surface area (Å²) in [4.78, 5) is 17.9. The third-order valence-electron chi connectivity index (χ3n) is 8.82. The fourth-order valence-corrected chi connectivity index (χ4v) is 7.54. The Morgan fingerprint density at radius 1 is 0.867 bits per heavy atom. The van der Waals surface area contributed by atoms with Gasteiger partial charge in [0.2, 0.25) is 5.91 Å². The quantitative estimate of drug-likeness (QED) is 0.185. The number of fused-ring (bicyclic) bond motifs is 1. The van der Waals surface area contributed by atoms with E-state index in [0.29, 0.717) is 44.3 Å². The highest BCUT2D eigenvalue weighted by atomic mass is 32.2. The maximum Gasteiger partial charge on any atom is 0.418 e. The number of likely N-dealkylation sites (tertiary alicyclic amines) is 1. The highest BCUT2D eigenvalue weighted by molar-refractivity contribution is 7.99. The van der Waals surface area contributed by atoms with Gasteiger partial charge in [-0.15, -0.1) is 11.8 Å². The van der Waals surface area contributed by atoms with E-state index in [-0.39, 0.29) is 18.0 Å². The van der Waals surface area contributed by atoms with Crippen molar-refractivity contribution < 1.29 is 18.0 Å². The molecular weight excluding hydrogens is 593 g/mol. The molecule has 5 nitrogen and oxygen atoms in total. The van der Waals surface area contributed by atoms with E-state index in [4.69, 9.17) is 0 Å². The minimum atomic E-state index is -4.45. The monoisotopic (exact) mass is 632 g/mol. The lowest BCUT2D eigenvalue weighted by molar-refractivity contribution is -0.137. The van der Waals surface area contributed by atoms with Gasteiger partial charge in [-0.3, -0.25) is 4.79 Å².